The SMILES string of the molecule is C=C/C=C(\N=C)OC(C)C. The Morgan fingerprint density at radius 1 is 1.60 bits per heavy atom. The molecule has 0 aliphatic carbocycles. The third kappa shape index (κ3) is 3.89. The standard InChI is InChI=1S/C8H13NO/c1-5-6-8(9-4)10-7(2)3/h5-7H,1,4H2,2-3H3/b8-6+. The maximum absolute atomic E-state index is 5.20. The molecule has 0 radical (unpaired) electrons. The van der Waals surface area contributed by atoms with Crippen molar-refractivity contribution in [2.75, 3.05) is 0 Å². The van der Waals surface area contributed by atoms with E-state index in [0.717, 1.165) is 0 Å². The molecule has 0 fully saturated rings. The van der Waals surface area contributed by atoms with Crippen LogP contribution in [0.25, 0.3) is 0 Å². The Morgan fingerprint density at radius 2 is 2.20 bits per heavy atom. The first kappa shape index (κ1) is 8.95. The van der Waals surface area contributed by atoms with E-state index in [2.05, 4.69) is 18.3 Å². The predicted molar refractivity (Wildman–Crippen MR) is 44.1 cm³/mol. The van der Waals surface area contributed by atoms with Gasteiger partial charge in [0.05, 0.1) is 6.10 Å². The highest BCUT2D eigenvalue weighted by molar-refractivity contribution is 5.28. The van der Waals surface area contributed by atoms with Crippen LogP contribution in [-0.2, 0) is 4.74 Å². The molecule has 0 aromatic heterocycles. The molecular formula is C8H13NO. The van der Waals surface area contributed by atoms with E-state index in [-0.39, 0.29) is 6.10 Å². The molecule has 56 valence electrons. The molecule has 0 amide bonds. The molecule has 0 atom stereocenters. The summed E-state index contributed by atoms with van der Waals surface area (Å²) in [6.07, 6.45) is 3.43. The van der Waals surface area contributed by atoms with E-state index >= 15 is 0 Å². The third-order valence-corrected chi connectivity index (χ3v) is 0.773. The van der Waals surface area contributed by atoms with Crippen LogP contribution >= 0.6 is 0 Å². The second-order valence-electron chi connectivity index (χ2n) is 2.07. The minimum absolute atomic E-state index is 0.136. The van der Waals surface area contributed by atoms with Crippen molar-refractivity contribution in [2.24, 2.45) is 4.99 Å². The van der Waals surface area contributed by atoms with Crippen molar-refractivity contribution in [3.8, 4) is 0 Å². The summed E-state index contributed by atoms with van der Waals surface area (Å²) in [5.74, 6) is 0.519. The van der Waals surface area contributed by atoms with Gasteiger partial charge in [-0.1, -0.05) is 12.7 Å². The first-order valence-electron chi connectivity index (χ1n) is 3.16. The Balaban J connectivity index is 3.95. The van der Waals surface area contributed by atoms with E-state index in [1.165, 1.54) is 0 Å². The van der Waals surface area contributed by atoms with Gasteiger partial charge < -0.3 is 4.74 Å². The van der Waals surface area contributed by atoms with Gasteiger partial charge in [0.15, 0.2) is 0 Å². The van der Waals surface area contributed by atoms with Crippen LogP contribution in [0.3, 0.4) is 0 Å². The largest absolute Gasteiger partial charge is 0.475 e. The number of ether oxygens (including phenoxy) is 1. The lowest BCUT2D eigenvalue weighted by Crippen LogP contribution is -2.00. The predicted octanol–water partition coefficient (Wildman–Crippen LogP) is 2.14. The minimum atomic E-state index is 0.136. The fraction of sp³-hybridized carbons (Fsp3) is 0.375. The number of nitrogens with zero attached hydrogens (tertiary/aromatic N) is 1. The number of aliphatic imine (C=N–C) groups is 1. The molecule has 2 nitrogen and oxygen atoms in total. The topological polar surface area (TPSA) is 21.6 Å². The van der Waals surface area contributed by atoms with Gasteiger partial charge >= 0.3 is 0 Å². The van der Waals surface area contributed by atoms with Gasteiger partial charge in [0.25, 0.3) is 0 Å². The monoisotopic (exact) mass is 139 g/mol. The molecule has 0 aromatic carbocycles. The summed E-state index contributed by atoms with van der Waals surface area (Å²) in [5, 5.41) is 0. The zero-order valence-electron chi connectivity index (χ0n) is 6.50. The third-order valence-electron chi connectivity index (χ3n) is 0.773. The van der Waals surface area contributed by atoms with Crippen molar-refractivity contribution in [1.82, 2.24) is 0 Å². The van der Waals surface area contributed by atoms with Crippen LogP contribution in [0.4, 0.5) is 0 Å². The molecule has 0 heterocycles. The van der Waals surface area contributed by atoms with Gasteiger partial charge in [-0.05, 0) is 26.6 Å². The van der Waals surface area contributed by atoms with E-state index in [1.54, 1.807) is 12.2 Å². The highest BCUT2D eigenvalue weighted by atomic mass is 16.5. The van der Waals surface area contributed by atoms with Gasteiger partial charge in [0.2, 0.25) is 5.88 Å². The Bertz CT molecular complexity index is 147. The van der Waals surface area contributed by atoms with Crippen molar-refractivity contribution >= 4 is 6.72 Å². The molecule has 0 unspecified atom stereocenters. The van der Waals surface area contributed by atoms with Crippen molar-refractivity contribution in [3.05, 3.63) is 24.6 Å². The van der Waals surface area contributed by atoms with Crippen LogP contribution in [0.2, 0.25) is 0 Å². The van der Waals surface area contributed by atoms with Gasteiger partial charge in [-0.3, -0.25) is 0 Å². The Kier molecular flexibility index (Phi) is 4.29. The van der Waals surface area contributed by atoms with Crippen LogP contribution in [0.15, 0.2) is 29.6 Å². The van der Waals surface area contributed by atoms with E-state index in [0.29, 0.717) is 5.88 Å². The van der Waals surface area contributed by atoms with E-state index in [1.807, 2.05) is 13.8 Å². The number of rotatable bonds is 4. The molecule has 0 saturated heterocycles. The van der Waals surface area contributed by atoms with Crippen LogP contribution < -0.4 is 0 Å². The highest BCUT2D eigenvalue weighted by Gasteiger charge is 1.94. The van der Waals surface area contributed by atoms with Crippen LogP contribution in [0.5, 0.6) is 0 Å². The fourth-order valence-electron chi connectivity index (χ4n) is 0.472. The highest BCUT2D eigenvalue weighted by Crippen LogP contribution is 2.02. The Hall–Kier alpha value is -1.05. The molecule has 0 saturated carbocycles. The van der Waals surface area contributed by atoms with E-state index in [4.69, 9.17) is 4.74 Å². The maximum atomic E-state index is 5.20. The molecule has 0 aliphatic heterocycles. The molecule has 0 N–H and O–H groups in total. The first-order chi connectivity index (χ1) is 4.70. The summed E-state index contributed by atoms with van der Waals surface area (Å²) in [6, 6.07) is 0. The lowest BCUT2D eigenvalue weighted by Gasteiger charge is -2.07. The average molecular weight is 139 g/mol. The van der Waals surface area contributed by atoms with Crippen molar-refractivity contribution in [1.29, 1.82) is 0 Å². The number of allylic oxidation sites excluding steroid dienone is 2. The maximum Gasteiger partial charge on any atom is 0.212 e. The van der Waals surface area contributed by atoms with Crippen LogP contribution in [0, 0.1) is 0 Å². The summed E-state index contributed by atoms with van der Waals surface area (Å²) in [4.78, 5) is 3.64. The van der Waals surface area contributed by atoms with E-state index < -0.39 is 0 Å². The quantitative estimate of drug-likeness (QED) is 0.332. The zero-order valence-corrected chi connectivity index (χ0v) is 6.50. The molecular weight excluding hydrogens is 126 g/mol. The molecule has 0 spiro atoms. The Labute approximate surface area is 61.9 Å². The lowest BCUT2D eigenvalue weighted by molar-refractivity contribution is 0.146. The second-order valence-corrected chi connectivity index (χ2v) is 2.07. The van der Waals surface area contributed by atoms with Gasteiger partial charge in [-0.2, -0.15) is 0 Å². The zero-order chi connectivity index (χ0) is 7.98. The van der Waals surface area contributed by atoms with Crippen molar-refractivity contribution in [2.45, 2.75) is 20.0 Å². The van der Waals surface area contributed by atoms with Gasteiger partial charge in [-0.15, -0.1) is 0 Å². The van der Waals surface area contributed by atoms with Crippen LogP contribution in [-0.4, -0.2) is 12.8 Å². The molecule has 0 rings (SSSR count). The molecule has 2 heteroatoms. The summed E-state index contributed by atoms with van der Waals surface area (Å²) in [6.45, 7) is 10.7. The number of hydrogen-bond acceptors (Lipinski definition) is 2. The summed E-state index contributed by atoms with van der Waals surface area (Å²) in [7, 11) is 0. The number of hydrogen-bond donors (Lipinski definition) is 0. The normalized spacial score (nSPS) is 11.3. The van der Waals surface area contributed by atoms with Gasteiger partial charge in [0.1, 0.15) is 0 Å². The fourth-order valence-corrected chi connectivity index (χ4v) is 0.472. The summed E-state index contributed by atoms with van der Waals surface area (Å²) in [5.41, 5.74) is 0. The molecule has 0 aromatic rings. The summed E-state index contributed by atoms with van der Waals surface area (Å²) < 4.78 is 5.20. The Morgan fingerprint density at radius 3 is 2.50 bits per heavy atom. The van der Waals surface area contributed by atoms with E-state index in [9.17, 15) is 0 Å². The molecule has 10 heavy (non-hydrogen) atoms. The van der Waals surface area contributed by atoms with Crippen molar-refractivity contribution in [3.63, 3.8) is 0 Å². The van der Waals surface area contributed by atoms with Crippen LogP contribution in [0.1, 0.15) is 13.8 Å². The lowest BCUT2D eigenvalue weighted by atomic mass is 10.5. The minimum Gasteiger partial charge on any atom is -0.475 e. The average Bonchev–Trinajstić information content (AvgIpc) is 1.86. The summed E-state index contributed by atoms with van der Waals surface area (Å²) >= 11 is 0. The van der Waals surface area contributed by atoms with Gasteiger partial charge in [-0.25, -0.2) is 4.99 Å². The second kappa shape index (κ2) is 4.79. The molecule has 0 aliphatic rings. The molecule has 0 bridgehead atoms. The van der Waals surface area contributed by atoms with Crippen molar-refractivity contribution < 1.29 is 4.74 Å². The first-order valence-corrected chi connectivity index (χ1v) is 3.16. The smallest absolute Gasteiger partial charge is 0.212 e. The van der Waals surface area contributed by atoms with Gasteiger partial charge in [0, 0.05) is 0 Å².